The zero-order valence-corrected chi connectivity index (χ0v) is 18.7. The first-order valence-electron chi connectivity index (χ1n) is 11.3. The zero-order chi connectivity index (χ0) is 21.6. The Hall–Kier alpha value is -3.02. The average Bonchev–Trinajstić information content (AvgIpc) is 3.20. The minimum Gasteiger partial charge on any atom is -0.367 e. The van der Waals surface area contributed by atoms with E-state index in [-0.39, 0.29) is 5.91 Å². The largest absolute Gasteiger partial charge is 0.367 e. The maximum absolute atomic E-state index is 11.6. The summed E-state index contributed by atoms with van der Waals surface area (Å²) in [6.45, 7) is 10.4. The van der Waals surface area contributed by atoms with E-state index >= 15 is 0 Å². The zero-order valence-electron chi connectivity index (χ0n) is 18.7. The quantitative estimate of drug-likeness (QED) is 0.598. The fourth-order valence-electron chi connectivity index (χ4n) is 4.37. The van der Waals surface area contributed by atoms with Gasteiger partial charge in [-0.15, -0.1) is 0 Å². The molecule has 4 rings (SSSR count). The SMILES string of the molecule is CCNC(=NCc1ccc(CN2CCc3ccccc32)cc1)N1CCN(C(C)=O)CC1. The summed E-state index contributed by atoms with van der Waals surface area (Å²) in [5.74, 6) is 1.09. The lowest BCUT2D eigenvalue weighted by atomic mass is 10.1. The van der Waals surface area contributed by atoms with Crippen LogP contribution in [0.3, 0.4) is 0 Å². The molecule has 164 valence electrons. The van der Waals surface area contributed by atoms with Gasteiger partial charge in [-0.25, -0.2) is 4.99 Å². The lowest BCUT2D eigenvalue weighted by Crippen LogP contribution is -2.53. The minimum atomic E-state index is 0.152. The number of carbonyl (C=O) groups is 1. The van der Waals surface area contributed by atoms with Crippen LogP contribution in [0.25, 0.3) is 0 Å². The summed E-state index contributed by atoms with van der Waals surface area (Å²) in [6.07, 6.45) is 1.14. The van der Waals surface area contributed by atoms with Gasteiger partial charge in [-0.2, -0.15) is 0 Å². The molecule has 1 fully saturated rings. The Morgan fingerprint density at radius 1 is 0.935 bits per heavy atom. The van der Waals surface area contributed by atoms with E-state index in [2.05, 4.69) is 70.6 Å². The topological polar surface area (TPSA) is 51.2 Å². The van der Waals surface area contributed by atoms with Gasteiger partial charge in [0.2, 0.25) is 5.91 Å². The van der Waals surface area contributed by atoms with E-state index in [1.54, 1.807) is 6.92 Å². The van der Waals surface area contributed by atoms with Crippen molar-refractivity contribution in [2.75, 3.05) is 44.2 Å². The molecular weight excluding hydrogens is 386 g/mol. The summed E-state index contributed by atoms with van der Waals surface area (Å²) in [7, 11) is 0. The maximum atomic E-state index is 11.6. The number of aliphatic imine (C=N–C) groups is 1. The first-order valence-corrected chi connectivity index (χ1v) is 11.3. The van der Waals surface area contributed by atoms with Gasteiger partial charge in [0.1, 0.15) is 0 Å². The fourth-order valence-corrected chi connectivity index (χ4v) is 4.37. The van der Waals surface area contributed by atoms with Gasteiger partial charge in [0.25, 0.3) is 0 Å². The summed E-state index contributed by atoms with van der Waals surface area (Å²) < 4.78 is 0. The van der Waals surface area contributed by atoms with Crippen molar-refractivity contribution in [3.8, 4) is 0 Å². The van der Waals surface area contributed by atoms with Gasteiger partial charge in [0.15, 0.2) is 5.96 Å². The molecule has 1 N–H and O–H groups in total. The first-order chi connectivity index (χ1) is 15.1. The number of fused-ring (bicyclic) bond motifs is 1. The lowest BCUT2D eigenvalue weighted by Gasteiger charge is -2.36. The number of anilines is 1. The van der Waals surface area contributed by atoms with E-state index in [4.69, 9.17) is 4.99 Å². The van der Waals surface area contributed by atoms with Gasteiger partial charge in [-0.1, -0.05) is 42.5 Å². The number of piperazine rings is 1. The molecule has 2 aliphatic heterocycles. The molecule has 2 aliphatic rings. The third-order valence-electron chi connectivity index (χ3n) is 6.15. The van der Waals surface area contributed by atoms with Crippen LogP contribution in [0.2, 0.25) is 0 Å². The third-order valence-corrected chi connectivity index (χ3v) is 6.15. The predicted octanol–water partition coefficient (Wildman–Crippen LogP) is 2.88. The van der Waals surface area contributed by atoms with Crippen LogP contribution in [-0.2, 0) is 24.3 Å². The van der Waals surface area contributed by atoms with Gasteiger partial charge in [-0.3, -0.25) is 4.79 Å². The molecule has 6 heteroatoms. The predicted molar refractivity (Wildman–Crippen MR) is 126 cm³/mol. The van der Waals surface area contributed by atoms with Crippen LogP contribution in [0, 0.1) is 0 Å². The Morgan fingerprint density at radius 3 is 2.32 bits per heavy atom. The van der Waals surface area contributed by atoms with Crippen LogP contribution in [0.15, 0.2) is 53.5 Å². The molecule has 2 aromatic carbocycles. The molecule has 0 radical (unpaired) electrons. The number of carbonyl (C=O) groups excluding carboxylic acids is 1. The van der Waals surface area contributed by atoms with E-state index in [0.717, 1.165) is 58.2 Å². The van der Waals surface area contributed by atoms with Gasteiger partial charge in [-0.05, 0) is 36.1 Å². The third kappa shape index (κ3) is 5.19. The number of para-hydroxylation sites is 1. The lowest BCUT2D eigenvalue weighted by molar-refractivity contribution is -0.130. The Morgan fingerprint density at radius 2 is 1.61 bits per heavy atom. The standard InChI is InChI=1S/C25H33N5O/c1-3-26-25(29-16-14-28(15-17-29)20(2)31)27-18-21-8-10-22(11-9-21)19-30-13-12-23-6-4-5-7-24(23)30/h4-11H,3,12-19H2,1-2H3,(H,26,27). The molecule has 6 nitrogen and oxygen atoms in total. The van der Waals surface area contributed by atoms with Crippen LogP contribution in [-0.4, -0.2) is 60.9 Å². The molecule has 0 atom stereocenters. The molecule has 0 saturated carbocycles. The van der Waals surface area contributed by atoms with Gasteiger partial charge in [0, 0.05) is 58.4 Å². The number of hydrogen-bond acceptors (Lipinski definition) is 3. The highest BCUT2D eigenvalue weighted by molar-refractivity contribution is 5.80. The fraction of sp³-hybridized carbons (Fsp3) is 0.440. The van der Waals surface area contributed by atoms with Crippen molar-refractivity contribution in [1.82, 2.24) is 15.1 Å². The van der Waals surface area contributed by atoms with E-state index in [1.165, 1.54) is 22.4 Å². The number of amides is 1. The molecule has 0 unspecified atom stereocenters. The van der Waals surface area contributed by atoms with E-state index in [1.807, 2.05) is 4.90 Å². The second kappa shape index (κ2) is 9.86. The van der Waals surface area contributed by atoms with Gasteiger partial charge in [0.05, 0.1) is 6.54 Å². The molecule has 0 bridgehead atoms. The van der Waals surface area contributed by atoms with Crippen LogP contribution >= 0.6 is 0 Å². The first kappa shape index (κ1) is 21.2. The molecular formula is C25H33N5O. The van der Waals surface area contributed by atoms with Crippen molar-refractivity contribution < 1.29 is 4.79 Å². The van der Waals surface area contributed by atoms with Crippen LogP contribution in [0.4, 0.5) is 5.69 Å². The molecule has 0 aromatic heterocycles. The van der Waals surface area contributed by atoms with Crippen molar-refractivity contribution in [3.05, 3.63) is 65.2 Å². The van der Waals surface area contributed by atoms with Gasteiger partial charge < -0.3 is 20.0 Å². The normalized spacial score (nSPS) is 16.5. The Labute approximate surface area is 185 Å². The second-order valence-electron chi connectivity index (χ2n) is 8.28. The smallest absolute Gasteiger partial charge is 0.219 e. The van der Waals surface area contributed by atoms with Crippen molar-refractivity contribution in [1.29, 1.82) is 0 Å². The number of guanidine groups is 1. The molecule has 2 aromatic rings. The average molecular weight is 420 g/mol. The number of nitrogens with zero attached hydrogens (tertiary/aromatic N) is 4. The summed E-state index contributed by atoms with van der Waals surface area (Å²) in [5.41, 5.74) is 5.37. The van der Waals surface area contributed by atoms with Crippen LogP contribution in [0.1, 0.15) is 30.5 Å². The highest BCUT2D eigenvalue weighted by atomic mass is 16.2. The van der Waals surface area contributed by atoms with Crippen LogP contribution in [0.5, 0.6) is 0 Å². The summed E-state index contributed by atoms with van der Waals surface area (Å²) in [4.78, 5) is 23.0. The van der Waals surface area contributed by atoms with E-state index in [9.17, 15) is 4.79 Å². The van der Waals surface area contributed by atoms with Gasteiger partial charge >= 0.3 is 0 Å². The maximum Gasteiger partial charge on any atom is 0.219 e. The van der Waals surface area contributed by atoms with E-state index < -0.39 is 0 Å². The Kier molecular flexibility index (Phi) is 6.75. The number of benzene rings is 2. The number of nitrogens with one attached hydrogen (secondary N) is 1. The highest BCUT2D eigenvalue weighted by Gasteiger charge is 2.21. The van der Waals surface area contributed by atoms with Crippen LogP contribution < -0.4 is 10.2 Å². The van der Waals surface area contributed by atoms with E-state index in [0.29, 0.717) is 6.54 Å². The highest BCUT2D eigenvalue weighted by Crippen LogP contribution is 2.28. The molecule has 2 heterocycles. The van der Waals surface area contributed by atoms with Crippen molar-refractivity contribution in [2.24, 2.45) is 4.99 Å². The Bertz CT molecular complexity index is 916. The summed E-state index contributed by atoms with van der Waals surface area (Å²) in [6, 6.07) is 17.6. The molecule has 1 saturated heterocycles. The second-order valence-corrected chi connectivity index (χ2v) is 8.28. The monoisotopic (exact) mass is 419 g/mol. The minimum absolute atomic E-state index is 0.152. The number of rotatable bonds is 5. The van der Waals surface area contributed by atoms with Crippen molar-refractivity contribution >= 4 is 17.6 Å². The molecule has 0 spiro atoms. The summed E-state index contributed by atoms with van der Waals surface area (Å²) in [5, 5.41) is 3.40. The molecule has 0 aliphatic carbocycles. The molecule has 1 amide bonds. The summed E-state index contributed by atoms with van der Waals surface area (Å²) >= 11 is 0. The van der Waals surface area contributed by atoms with Crippen molar-refractivity contribution in [2.45, 2.75) is 33.4 Å². The number of hydrogen-bond donors (Lipinski definition) is 1. The van der Waals surface area contributed by atoms with Crippen molar-refractivity contribution in [3.63, 3.8) is 0 Å². The Balaban J connectivity index is 1.35. The molecule has 31 heavy (non-hydrogen) atoms.